The zero-order chi connectivity index (χ0) is 11.6. The zero-order valence-electron chi connectivity index (χ0n) is 9.99. The van der Waals surface area contributed by atoms with Crippen molar-refractivity contribution in [3.05, 3.63) is 42.0 Å². The summed E-state index contributed by atoms with van der Waals surface area (Å²) in [5, 5.41) is 0. The van der Waals surface area contributed by atoms with Crippen LogP contribution in [-0.2, 0) is 4.79 Å². The number of ketones is 1. The van der Waals surface area contributed by atoms with Crippen LogP contribution in [0.4, 0.5) is 0 Å². The topological polar surface area (TPSA) is 17.1 Å². The summed E-state index contributed by atoms with van der Waals surface area (Å²) in [6.45, 7) is 2.18. The lowest BCUT2D eigenvalue weighted by molar-refractivity contribution is -0.114. The van der Waals surface area contributed by atoms with Gasteiger partial charge in [-0.05, 0) is 18.1 Å². The molecule has 0 unspecified atom stereocenters. The Kier molecular flexibility index (Phi) is 6.24. The van der Waals surface area contributed by atoms with Gasteiger partial charge in [0, 0.05) is 6.42 Å². The Labute approximate surface area is 98.2 Å². The molecular weight excluding hydrogens is 196 g/mol. The molecule has 0 aliphatic heterocycles. The average molecular weight is 216 g/mol. The van der Waals surface area contributed by atoms with Crippen molar-refractivity contribution in [2.24, 2.45) is 0 Å². The van der Waals surface area contributed by atoms with E-state index in [9.17, 15) is 4.79 Å². The highest BCUT2D eigenvalue weighted by Crippen LogP contribution is 2.05. The molecule has 1 heteroatoms. The molecule has 0 aliphatic rings. The van der Waals surface area contributed by atoms with E-state index in [4.69, 9.17) is 0 Å². The molecule has 16 heavy (non-hydrogen) atoms. The van der Waals surface area contributed by atoms with Crippen LogP contribution >= 0.6 is 0 Å². The summed E-state index contributed by atoms with van der Waals surface area (Å²) in [6, 6.07) is 9.93. The van der Waals surface area contributed by atoms with Gasteiger partial charge in [0.05, 0.1) is 0 Å². The number of allylic oxidation sites excluding steroid dienone is 1. The van der Waals surface area contributed by atoms with E-state index < -0.39 is 0 Å². The summed E-state index contributed by atoms with van der Waals surface area (Å²) in [6.07, 6.45) is 8.91. The highest BCUT2D eigenvalue weighted by molar-refractivity contribution is 5.93. The van der Waals surface area contributed by atoms with Crippen LogP contribution in [0.3, 0.4) is 0 Å². The largest absolute Gasteiger partial charge is 0.295 e. The van der Waals surface area contributed by atoms with E-state index in [2.05, 4.69) is 6.92 Å². The van der Waals surface area contributed by atoms with Gasteiger partial charge >= 0.3 is 0 Å². The van der Waals surface area contributed by atoms with Crippen molar-refractivity contribution in [3.63, 3.8) is 0 Å². The second kappa shape index (κ2) is 7.86. The molecule has 0 amide bonds. The summed E-state index contributed by atoms with van der Waals surface area (Å²) >= 11 is 0. The lowest BCUT2D eigenvalue weighted by Crippen LogP contribution is -1.91. The van der Waals surface area contributed by atoms with Gasteiger partial charge in [-0.2, -0.15) is 0 Å². The van der Waals surface area contributed by atoms with E-state index in [-0.39, 0.29) is 5.78 Å². The third-order valence-corrected chi connectivity index (χ3v) is 2.54. The van der Waals surface area contributed by atoms with Gasteiger partial charge in [-0.15, -0.1) is 0 Å². The van der Waals surface area contributed by atoms with Crippen LogP contribution in [-0.4, -0.2) is 5.78 Å². The van der Waals surface area contributed by atoms with Gasteiger partial charge in [0.25, 0.3) is 0 Å². The highest BCUT2D eigenvalue weighted by Gasteiger charge is 1.96. The van der Waals surface area contributed by atoms with Crippen molar-refractivity contribution in [1.29, 1.82) is 0 Å². The van der Waals surface area contributed by atoms with Gasteiger partial charge in [0.15, 0.2) is 5.78 Å². The molecular formula is C15H20O. The van der Waals surface area contributed by atoms with Gasteiger partial charge in [-0.3, -0.25) is 4.79 Å². The molecule has 1 aromatic rings. The van der Waals surface area contributed by atoms with Gasteiger partial charge in [-0.25, -0.2) is 0 Å². The summed E-state index contributed by atoms with van der Waals surface area (Å²) in [5.74, 6) is 0.236. The third kappa shape index (κ3) is 5.50. The Morgan fingerprint density at radius 2 is 1.88 bits per heavy atom. The maximum atomic E-state index is 11.5. The molecule has 0 heterocycles. The van der Waals surface area contributed by atoms with E-state index in [1.807, 2.05) is 36.4 Å². The van der Waals surface area contributed by atoms with Crippen molar-refractivity contribution < 1.29 is 4.79 Å². The van der Waals surface area contributed by atoms with E-state index in [1.165, 1.54) is 19.3 Å². The van der Waals surface area contributed by atoms with E-state index in [1.54, 1.807) is 6.08 Å². The van der Waals surface area contributed by atoms with Crippen molar-refractivity contribution >= 4 is 11.9 Å². The van der Waals surface area contributed by atoms with Gasteiger partial charge in [0.2, 0.25) is 0 Å². The molecule has 1 nitrogen and oxygen atoms in total. The number of rotatable bonds is 7. The maximum Gasteiger partial charge on any atom is 0.155 e. The first kappa shape index (κ1) is 12.7. The van der Waals surface area contributed by atoms with Gasteiger partial charge in [-0.1, -0.05) is 62.6 Å². The van der Waals surface area contributed by atoms with Gasteiger partial charge < -0.3 is 0 Å². The fourth-order valence-corrected chi connectivity index (χ4v) is 1.56. The second-order valence-electron chi connectivity index (χ2n) is 4.02. The minimum Gasteiger partial charge on any atom is -0.295 e. The summed E-state index contributed by atoms with van der Waals surface area (Å²) < 4.78 is 0. The average Bonchev–Trinajstić information content (AvgIpc) is 2.33. The second-order valence-corrected chi connectivity index (χ2v) is 4.02. The molecule has 86 valence electrons. The number of unbranched alkanes of at least 4 members (excludes halogenated alkanes) is 3. The van der Waals surface area contributed by atoms with E-state index >= 15 is 0 Å². The minimum absolute atomic E-state index is 0.236. The Hall–Kier alpha value is -1.37. The number of benzene rings is 1. The van der Waals surface area contributed by atoms with Crippen molar-refractivity contribution in [2.45, 2.75) is 39.0 Å². The molecule has 0 aromatic heterocycles. The molecule has 0 atom stereocenters. The van der Waals surface area contributed by atoms with Crippen molar-refractivity contribution in [2.75, 3.05) is 0 Å². The SMILES string of the molecule is CCCCCCC(=O)/C=C/c1ccccc1. The van der Waals surface area contributed by atoms with Crippen LogP contribution in [0.15, 0.2) is 36.4 Å². The summed E-state index contributed by atoms with van der Waals surface area (Å²) in [7, 11) is 0. The fourth-order valence-electron chi connectivity index (χ4n) is 1.56. The lowest BCUT2D eigenvalue weighted by Gasteiger charge is -1.96. The molecule has 0 aliphatic carbocycles. The normalized spacial score (nSPS) is 10.8. The van der Waals surface area contributed by atoms with Crippen LogP contribution < -0.4 is 0 Å². The predicted molar refractivity (Wildman–Crippen MR) is 69.2 cm³/mol. The first-order chi connectivity index (χ1) is 7.83. The molecule has 0 saturated carbocycles. The Bertz CT molecular complexity index is 325. The van der Waals surface area contributed by atoms with E-state index in [0.717, 1.165) is 12.0 Å². The van der Waals surface area contributed by atoms with Crippen molar-refractivity contribution in [3.8, 4) is 0 Å². The quantitative estimate of drug-likeness (QED) is 0.492. The standard InChI is InChI=1S/C15H20O/c1-2-3-4-8-11-15(16)13-12-14-9-6-5-7-10-14/h5-7,9-10,12-13H,2-4,8,11H2,1H3/b13-12+. The smallest absolute Gasteiger partial charge is 0.155 e. The molecule has 0 fully saturated rings. The van der Waals surface area contributed by atoms with Crippen LogP contribution in [0.1, 0.15) is 44.6 Å². The monoisotopic (exact) mass is 216 g/mol. The number of carbonyl (C=O) groups excluding carboxylic acids is 1. The maximum absolute atomic E-state index is 11.5. The molecule has 1 aromatic carbocycles. The predicted octanol–water partition coefficient (Wildman–Crippen LogP) is 4.24. The number of carbonyl (C=O) groups is 1. The van der Waals surface area contributed by atoms with Crippen LogP contribution in [0.5, 0.6) is 0 Å². The van der Waals surface area contributed by atoms with Gasteiger partial charge in [0.1, 0.15) is 0 Å². The first-order valence-corrected chi connectivity index (χ1v) is 6.09. The minimum atomic E-state index is 0.236. The summed E-state index contributed by atoms with van der Waals surface area (Å²) in [5.41, 5.74) is 1.09. The summed E-state index contributed by atoms with van der Waals surface area (Å²) in [4.78, 5) is 11.5. The lowest BCUT2D eigenvalue weighted by atomic mass is 10.1. The van der Waals surface area contributed by atoms with Crippen molar-refractivity contribution in [1.82, 2.24) is 0 Å². The molecule has 1 rings (SSSR count). The van der Waals surface area contributed by atoms with Crippen LogP contribution in [0, 0.1) is 0 Å². The fraction of sp³-hybridized carbons (Fsp3) is 0.400. The van der Waals surface area contributed by atoms with Crippen LogP contribution in [0.25, 0.3) is 6.08 Å². The number of hydrogen-bond acceptors (Lipinski definition) is 1. The number of hydrogen-bond donors (Lipinski definition) is 0. The Morgan fingerprint density at radius 1 is 1.12 bits per heavy atom. The molecule has 0 bridgehead atoms. The molecule has 0 saturated heterocycles. The highest BCUT2D eigenvalue weighted by atomic mass is 16.1. The zero-order valence-corrected chi connectivity index (χ0v) is 9.99. The van der Waals surface area contributed by atoms with E-state index in [0.29, 0.717) is 6.42 Å². The molecule has 0 N–H and O–H groups in total. The molecule has 0 spiro atoms. The molecule has 0 radical (unpaired) electrons. The Balaban J connectivity index is 2.26. The Morgan fingerprint density at radius 3 is 2.56 bits per heavy atom. The van der Waals surface area contributed by atoms with Crippen LogP contribution in [0.2, 0.25) is 0 Å². The third-order valence-electron chi connectivity index (χ3n) is 2.54. The first-order valence-electron chi connectivity index (χ1n) is 6.09.